The number of pyridine rings is 1. The van der Waals surface area contributed by atoms with Crippen LogP contribution in [0.3, 0.4) is 0 Å². The normalized spacial score (nSPS) is 12.5. The summed E-state index contributed by atoms with van der Waals surface area (Å²) >= 11 is 0. The van der Waals surface area contributed by atoms with Gasteiger partial charge in [0.2, 0.25) is 17.1 Å². The van der Waals surface area contributed by atoms with E-state index in [0.717, 1.165) is 59.7 Å². The van der Waals surface area contributed by atoms with Gasteiger partial charge < -0.3 is 9.69 Å². The van der Waals surface area contributed by atoms with Gasteiger partial charge in [-0.25, -0.2) is 75.2 Å². The number of halogens is 12. The molecule has 0 saturated carbocycles. The monoisotopic (exact) mass is 1630 g/mol. The van der Waals surface area contributed by atoms with E-state index in [2.05, 4.69) is 99.1 Å². The molecule has 0 fully saturated rings. The van der Waals surface area contributed by atoms with E-state index >= 15 is 0 Å². The fourth-order valence-corrected chi connectivity index (χ4v) is 12.4. The second kappa shape index (κ2) is 32.2. The van der Waals surface area contributed by atoms with Crippen LogP contribution in [0.5, 0.6) is 0 Å². The van der Waals surface area contributed by atoms with Crippen LogP contribution in [0.2, 0.25) is 0 Å². The van der Waals surface area contributed by atoms with Gasteiger partial charge in [0.15, 0.2) is 17.1 Å². The molecule has 0 unspecified atom stereocenters. The highest BCUT2D eigenvalue weighted by atomic mass is 19.4. The molecule has 122 heavy (non-hydrogen) atoms. The van der Waals surface area contributed by atoms with Gasteiger partial charge in [-0.15, -0.1) is 14.9 Å². The molecule has 4 aliphatic carbocycles. The van der Waals surface area contributed by atoms with Gasteiger partial charge in [0, 0.05) is 39.0 Å². The van der Waals surface area contributed by atoms with Crippen LogP contribution in [-0.4, -0.2) is 70.5 Å². The largest absolute Gasteiger partial charge is 0.416 e. The maximum atomic E-state index is 13.0. The Balaban J connectivity index is 0.000000143. The zero-order chi connectivity index (χ0) is 87.4. The van der Waals surface area contributed by atoms with Crippen LogP contribution in [0.4, 0.5) is 64.3 Å². The fraction of sp³-hybridized carbons (Fsp3) is 0.0482. The molecule has 0 radical (unpaired) electrons. The lowest BCUT2D eigenvalue weighted by Gasteiger charge is -2.09. The van der Waals surface area contributed by atoms with E-state index in [9.17, 15) is 68.5 Å². The smallest absolute Gasteiger partial charge is 0.370 e. The molecule has 0 amide bonds. The summed E-state index contributed by atoms with van der Waals surface area (Å²) in [6.45, 7) is 43.1. The molecule has 0 bridgehead atoms. The summed E-state index contributed by atoms with van der Waals surface area (Å²) in [5, 5.41) is 68.2. The maximum absolute atomic E-state index is 13.0. The molecule has 27 nitrogen and oxygen atoms in total. The molecule has 7 heterocycles. The zero-order valence-corrected chi connectivity index (χ0v) is 60.0. The Morgan fingerprint density at radius 2 is 0.615 bits per heavy atom. The molecule has 0 spiro atoms. The van der Waals surface area contributed by atoms with Crippen molar-refractivity contribution >= 4 is 34.1 Å². The average Bonchev–Trinajstić information content (AvgIpc) is 1.60. The summed E-state index contributed by atoms with van der Waals surface area (Å²) in [6, 6.07) is 38.8. The lowest BCUT2D eigenvalue weighted by atomic mass is 10.0. The average molecular weight is 1630 g/mol. The van der Waals surface area contributed by atoms with E-state index in [1.165, 1.54) is 73.3 Å². The number of allylic oxidation sites excluding steroid dienone is 3. The number of hydrogen-bond acceptors (Lipinski definition) is 21. The highest BCUT2D eigenvalue weighted by molar-refractivity contribution is 6.21. The molecule has 39 heteroatoms. The van der Waals surface area contributed by atoms with E-state index in [0.29, 0.717) is 39.1 Å². The summed E-state index contributed by atoms with van der Waals surface area (Å²) in [7, 11) is 0. The van der Waals surface area contributed by atoms with Gasteiger partial charge in [-0.2, -0.15) is 80.3 Å². The summed E-state index contributed by atoms with van der Waals surface area (Å²) < 4.78 is 155. The fourth-order valence-electron chi connectivity index (χ4n) is 12.4. The van der Waals surface area contributed by atoms with Crippen molar-refractivity contribution in [2.45, 2.75) is 24.7 Å². The second-order valence-electron chi connectivity index (χ2n) is 24.7. The van der Waals surface area contributed by atoms with Gasteiger partial charge >= 0.3 is 24.7 Å². The molecule has 0 aliphatic heterocycles. The van der Waals surface area contributed by atoms with Gasteiger partial charge in [0.25, 0.3) is 28.7 Å². The van der Waals surface area contributed by atoms with E-state index in [1.807, 2.05) is 30.3 Å². The minimum absolute atomic E-state index is 0.00572. The van der Waals surface area contributed by atoms with Crippen LogP contribution in [0.25, 0.3) is 136 Å². The molecular formula is C83H25F12N27. The number of aromatic nitrogens is 13. The Morgan fingerprint density at radius 1 is 0.311 bits per heavy atom. The predicted molar refractivity (Wildman–Crippen MR) is 399 cm³/mol. The summed E-state index contributed by atoms with van der Waals surface area (Å²) in [5.41, 5.74) is 2.37. The van der Waals surface area contributed by atoms with Crippen molar-refractivity contribution in [1.29, 1.82) is 36.8 Å². The number of benzene rings is 5. The SMILES string of the molecule is [C-]#[N+]/C(C#N)=C1\c2ccccc2-c2cc(C#N)c(C#N)nc21.[C-]#[N+]C(C#N)=C1c2nc(C#N)c(C#N)nc2-c2nc([N+]#[C-])c([N+]#[C-])nc21.[C-]#[N+]C(C#N)=C1c2ncc(-c3ccc(C(F)(F)F)cc3)nc2-c2nc(-c3ccc(C(F)(F)F)cc3)cnc21.[C-]#[N+]N=C1c2ncc(-c3ccc(C(F)(F)F)cc3)nc2-c2nc(-c3ccc(C(F)(F)F)cc3)cnc21. The molecule has 12 aromatic rings. The van der Waals surface area contributed by atoms with Gasteiger partial charge in [-0.3, -0.25) is 9.97 Å². The second-order valence-corrected chi connectivity index (χ2v) is 24.7. The van der Waals surface area contributed by atoms with Crippen molar-refractivity contribution in [3.63, 3.8) is 0 Å². The quantitative estimate of drug-likeness (QED) is 0.0683. The number of hydrogen-bond donors (Lipinski definition) is 0. The van der Waals surface area contributed by atoms with Crippen LogP contribution >= 0.6 is 0 Å². The Morgan fingerprint density at radius 3 is 0.951 bits per heavy atom. The van der Waals surface area contributed by atoms with Crippen molar-refractivity contribution in [2.75, 3.05) is 0 Å². The minimum atomic E-state index is -4.52. The highest BCUT2D eigenvalue weighted by Crippen LogP contribution is 2.49. The lowest BCUT2D eigenvalue weighted by Crippen LogP contribution is -2.05. The Labute approximate surface area is 676 Å². The van der Waals surface area contributed by atoms with E-state index in [4.69, 9.17) is 60.5 Å². The third kappa shape index (κ3) is 15.1. The number of rotatable bonds is 4. The molecule has 0 N–H and O–H groups in total. The van der Waals surface area contributed by atoms with Crippen LogP contribution in [0.1, 0.15) is 90.3 Å². The van der Waals surface area contributed by atoms with Crippen LogP contribution in [0.15, 0.2) is 174 Å². The van der Waals surface area contributed by atoms with Gasteiger partial charge in [0.1, 0.15) is 64.1 Å². The summed E-state index contributed by atoms with van der Waals surface area (Å²) in [5.74, 6) is -0.579. The summed E-state index contributed by atoms with van der Waals surface area (Å²) in [4.78, 5) is 74.5. The summed E-state index contributed by atoms with van der Waals surface area (Å²) in [6.07, 6.45) is -12.7. The van der Waals surface area contributed by atoms with Crippen molar-refractivity contribution in [3.8, 4) is 133 Å². The maximum Gasteiger partial charge on any atom is 0.416 e. The predicted octanol–water partition coefficient (Wildman–Crippen LogP) is 18.4. The first-order valence-electron chi connectivity index (χ1n) is 33.5. The third-order valence-electron chi connectivity index (χ3n) is 17.9. The first kappa shape index (κ1) is 81.2. The first-order chi connectivity index (χ1) is 58.4. The van der Waals surface area contributed by atoms with Crippen molar-refractivity contribution in [2.24, 2.45) is 5.10 Å². The first-order valence-corrected chi connectivity index (χ1v) is 33.5. The highest BCUT2D eigenvalue weighted by Gasteiger charge is 2.42. The van der Waals surface area contributed by atoms with E-state index in [-0.39, 0.29) is 159 Å². The third-order valence-corrected chi connectivity index (χ3v) is 17.9. The van der Waals surface area contributed by atoms with Gasteiger partial charge in [-0.1, -0.05) is 85.9 Å². The Hall–Kier alpha value is -18.9. The number of nitriles is 7. The Bertz CT molecular complexity index is 6930. The molecule has 0 atom stereocenters. The molecule has 0 saturated heterocycles. The van der Waals surface area contributed by atoms with Crippen LogP contribution in [-0.2, 0) is 24.7 Å². The van der Waals surface area contributed by atoms with Crippen LogP contribution in [0, 0.1) is 119 Å². The minimum Gasteiger partial charge on any atom is -0.370 e. The molecule has 4 aliphatic rings. The standard InChI is InChI=1S/C26H10F6N6.C24H10F6N6.C17H5N5.C16N10/c1-34-17(10-33)20-21-23(37-18(11-35-21)13-2-6-15(7-3-13)25(27,28)29)24-22(20)36-12-19(38-24)14-4-8-16(9-5-14)26(30,31)32;1-31-36-22-18-20(34-16(10-32-18)12-2-6-14(7-3-12)23(25,26)27)21-19(22)33-11-17(35-21)13-4-8-15(9-5-13)24(28,29)30;1-21-15(9-20)16-12-5-3-2-4-11(12)13-6-10(7-18)14(8-19)22-17(13)16;1-20-9(6-19)10-11-13(24-8(5-18)7(4-17)23-11)14-12(10)25-15(21-2)16(22-3)26-14/h2-9,11-12H;2-11H;2-6H;/b;;16-15+;. The van der Waals surface area contributed by atoms with E-state index < -0.39 is 47.0 Å². The zero-order valence-electron chi connectivity index (χ0n) is 60.0. The van der Waals surface area contributed by atoms with E-state index in [1.54, 1.807) is 42.5 Å². The van der Waals surface area contributed by atoms with Crippen molar-refractivity contribution in [3.05, 3.63) is 328 Å². The number of alkyl halides is 12. The topological polar surface area (TPSA) is 373 Å². The number of fused-ring (bicyclic) bond motifs is 12. The molecule has 5 aromatic carbocycles. The van der Waals surface area contributed by atoms with Crippen molar-refractivity contribution in [1.82, 2.24) is 64.8 Å². The lowest BCUT2D eigenvalue weighted by molar-refractivity contribution is -0.138. The molecule has 16 rings (SSSR count). The molecule has 7 aromatic heterocycles. The Kier molecular flexibility index (Phi) is 21.4. The van der Waals surface area contributed by atoms with Crippen molar-refractivity contribution < 1.29 is 52.7 Å². The molecular weight excluding hydrogens is 1600 g/mol. The molecule has 576 valence electrons. The van der Waals surface area contributed by atoms with Crippen LogP contribution < -0.4 is 0 Å². The number of nitrogens with zero attached hydrogens (tertiary/aromatic N) is 27. The van der Waals surface area contributed by atoms with Gasteiger partial charge in [-0.05, 0) is 65.7 Å². The van der Waals surface area contributed by atoms with Gasteiger partial charge in [0.05, 0.1) is 147 Å².